The highest BCUT2D eigenvalue weighted by molar-refractivity contribution is 5.78. The van der Waals surface area contributed by atoms with Crippen molar-refractivity contribution in [2.75, 3.05) is 13.2 Å². The number of hydrogen-bond donors (Lipinski definition) is 0. The van der Waals surface area contributed by atoms with Gasteiger partial charge in [-0.3, -0.25) is 4.79 Å². The van der Waals surface area contributed by atoms with Crippen molar-refractivity contribution in [2.45, 2.75) is 58.8 Å². The highest BCUT2D eigenvalue weighted by Crippen LogP contribution is 2.12. The van der Waals surface area contributed by atoms with Crippen molar-refractivity contribution >= 4 is 5.78 Å². The predicted molar refractivity (Wildman–Crippen MR) is 59.5 cm³/mol. The van der Waals surface area contributed by atoms with Gasteiger partial charge in [-0.25, -0.2) is 0 Å². The Morgan fingerprint density at radius 2 is 1.50 bits per heavy atom. The summed E-state index contributed by atoms with van der Waals surface area (Å²) in [5.74, 6) is 0.464. The molecule has 0 heterocycles. The number of carbonyl (C=O) groups excluding carboxylic acids is 1. The zero-order valence-corrected chi connectivity index (χ0v) is 9.68. The lowest BCUT2D eigenvalue weighted by Gasteiger charge is -2.05. The van der Waals surface area contributed by atoms with Crippen molar-refractivity contribution in [3.05, 3.63) is 0 Å². The summed E-state index contributed by atoms with van der Waals surface area (Å²) in [5, 5.41) is 0. The minimum atomic E-state index is 0.464. The molecule has 0 aliphatic heterocycles. The summed E-state index contributed by atoms with van der Waals surface area (Å²) in [6.45, 7) is 6.09. The molecule has 0 saturated heterocycles. The van der Waals surface area contributed by atoms with E-state index in [0.717, 1.165) is 51.7 Å². The Labute approximate surface area is 88.0 Å². The van der Waals surface area contributed by atoms with E-state index in [1.807, 2.05) is 0 Å². The quantitative estimate of drug-likeness (QED) is 0.651. The van der Waals surface area contributed by atoms with Gasteiger partial charge >= 0.3 is 0 Å². The summed E-state index contributed by atoms with van der Waals surface area (Å²) in [6.07, 6.45) is 7.52. The van der Waals surface area contributed by atoms with E-state index in [2.05, 4.69) is 13.8 Å². The number of rotatable bonds is 4. The lowest BCUT2D eigenvalue weighted by molar-refractivity contribution is -0.120. The molecule has 1 aliphatic rings. The monoisotopic (exact) mass is 200 g/mol. The molecule has 0 unspecified atom stereocenters. The Morgan fingerprint density at radius 1 is 1.00 bits per heavy atom. The number of carbonyl (C=O) groups is 1. The molecular formula is C12H24O2. The van der Waals surface area contributed by atoms with Crippen LogP contribution in [0.3, 0.4) is 0 Å². The van der Waals surface area contributed by atoms with Crippen LogP contribution in [0.2, 0.25) is 0 Å². The Hall–Kier alpha value is -0.370. The fourth-order valence-corrected chi connectivity index (χ4v) is 1.34. The van der Waals surface area contributed by atoms with Gasteiger partial charge in [0.2, 0.25) is 0 Å². The third-order valence-corrected chi connectivity index (χ3v) is 2.11. The highest BCUT2D eigenvalue weighted by Gasteiger charge is 2.05. The van der Waals surface area contributed by atoms with Crippen molar-refractivity contribution in [3.8, 4) is 0 Å². The summed E-state index contributed by atoms with van der Waals surface area (Å²) in [5.41, 5.74) is 0. The van der Waals surface area contributed by atoms with Gasteiger partial charge in [0.05, 0.1) is 0 Å². The van der Waals surface area contributed by atoms with Crippen molar-refractivity contribution in [1.29, 1.82) is 0 Å². The van der Waals surface area contributed by atoms with Crippen LogP contribution >= 0.6 is 0 Å². The molecule has 0 atom stereocenters. The average molecular weight is 200 g/mol. The largest absolute Gasteiger partial charge is 0.381 e. The molecule has 0 aromatic carbocycles. The second kappa shape index (κ2) is 10.7. The van der Waals surface area contributed by atoms with Crippen LogP contribution in [0.25, 0.3) is 0 Å². The Morgan fingerprint density at radius 3 is 1.79 bits per heavy atom. The van der Waals surface area contributed by atoms with Crippen LogP contribution in [0.1, 0.15) is 58.8 Å². The van der Waals surface area contributed by atoms with E-state index in [-0.39, 0.29) is 0 Å². The summed E-state index contributed by atoms with van der Waals surface area (Å²) < 4.78 is 5.13. The van der Waals surface area contributed by atoms with E-state index in [1.54, 1.807) is 0 Å². The Balaban J connectivity index is 0.000000241. The molecule has 1 fully saturated rings. The minimum Gasteiger partial charge on any atom is -0.381 e. The molecule has 1 saturated carbocycles. The molecule has 0 aromatic rings. The second-order valence-corrected chi connectivity index (χ2v) is 3.71. The third-order valence-electron chi connectivity index (χ3n) is 2.11. The van der Waals surface area contributed by atoms with Crippen LogP contribution < -0.4 is 0 Å². The topological polar surface area (TPSA) is 26.3 Å². The minimum absolute atomic E-state index is 0.464. The first-order chi connectivity index (χ1) is 6.81. The summed E-state index contributed by atoms with van der Waals surface area (Å²) in [4.78, 5) is 10.5. The molecule has 2 heteroatoms. The van der Waals surface area contributed by atoms with Crippen LogP contribution in [-0.2, 0) is 9.53 Å². The zero-order chi connectivity index (χ0) is 10.6. The van der Waals surface area contributed by atoms with Gasteiger partial charge < -0.3 is 4.74 Å². The van der Waals surface area contributed by atoms with E-state index >= 15 is 0 Å². The van der Waals surface area contributed by atoms with Crippen molar-refractivity contribution in [1.82, 2.24) is 0 Å². The second-order valence-electron chi connectivity index (χ2n) is 3.71. The van der Waals surface area contributed by atoms with Crippen LogP contribution in [0.5, 0.6) is 0 Å². The molecule has 14 heavy (non-hydrogen) atoms. The van der Waals surface area contributed by atoms with Gasteiger partial charge in [0.15, 0.2) is 0 Å². The third kappa shape index (κ3) is 9.72. The average Bonchev–Trinajstić information content (AvgIpc) is 2.21. The molecule has 1 aliphatic carbocycles. The molecule has 84 valence electrons. The van der Waals surface area contributed by atoms with Crippen molar-refractivity contribution in [3.63, 3.8) is 0 Å². The molecule has 0 radical (unpaired) electrons. The maximum absolute atomic E-state index is 10.5. The predicted octanol–water partition coefficient (Wildman–Crippen LogP) is 3.34. The van der Waals surface area contributed by atoms with E-state index in [9.17, 15) is 4.79 Å². The molecule has 0 bridgehead atoms. The van der Waals surface area contributed by atoms with Crippen LogP contribution in [0, 0.1) is 0 Å². The van der Waals surface area contributed by atoms with E-state index in [4.69, 9.17) is 4.74 Å². The van der Waals surface area contributed by atoms with Crippen LogP contribution in [0.15, 0.2) is 0 Å². The molecule has 0 amide bonds. The summed E-state index contributed by atoms with van der Waals surface area (Å²) >= 11 is 0. The van der Waals surface area contributed by atoms with Crippen molar-refractivity contribution in [2.24, 2.45) is 0 Å². The zero-order valence-electron chi connectivity index (χ0n) is 9.68. The van der Waals surface area contributed by atoms with E-state index in [1.165, 1.54) is 6.42 Å². The van der Waals surface area contributed by atoms with Gasteiger partial charge in [-0.15, -0.1) is 0 Å². The van der Waals surface area contributed by atoms with Crippen LogP contribution in [0.4, 0.5) is 0 Å². The molecule has 1 rings (SSSR count). The first-order valence-electron chi connectivity index (χ1n) is 5.90. The van der Waals surface area contributed by atoms with E-state index < -0.39 is 0 Å². The molecule has 0 N–H and O–H groups in total. The normalized spacial score (nSPS) is 16.0. The number of ketones is 1. The van der Waals surface area contributed by atoms with Gasteiger partial charge in [-0.1, -0.05) is 20.3 Å². The maximum atomic E-state index is 10.5. The van der Waals surface area contributed by atoms with Gasteiger partial charge in [0.25, 0.3) is 0 Å². The number of Topliss-reactive ketones (excluding diaryl/α,β-unsaturated/α-hetero) is 1. The fraction of sp³-hybridized carbons (Fsp3) is 0.917. The van der Waals surface area contributed by atoms with Crippen LogP contribution in [-0.4, -0.2) is 19.0 Å². The SMILES string of the molecule is CCCOCCC.O=C1CCCCC1. The standard InChI is InChI=1S/C6H10O.C6H14O/c7-6-4-2-1-3-5-6;1-3-5-7-6-4-2/h1-5H2;3-6H2,1-2H3. The van der Waals surface area contributed by atoms with E-state index in [0.29, 0.717) is 5.78 Å². The van der Waals surface area contributed by atoms with Gasteiger partial charge in [-0.05, 0) is 25.7 Å². The smallest absolute Gasteiger partial charge is 0.132 e. The van der Waals surface area contributed by atoms with Gasteiger partial charge in [-0.2, -0.15) is 0 Å². The summed E-state index contributed by atoms with van der Waals surface area (Å²) in [7, 11) is 0. The van der Waals surface area contributed by atoms with Gasteiger partial charge in [0, 0.05) is 26.1 Å². The molecule has 0 aromatic heterocycles. The number of hydrogen-bond acceptors (Lipinski definition) is 2. The number of ether oxygens (including phenoxy) is 1. The highest BCUT2D eigenvalue weighted by atomic mass is 16.5. The summed E-state index contributed by atoms with van der Waals surface area (Å²) in [6, 6.07) is 0. The molecule has 2 nitrogen and oxygen atoms in total. The first kappa shape index (κ1) is 13.6. The lowest BCUT2D eigenvalue weighted by Crippen LogP contribution is -2.02. The fourth-order valence-electron chi connectivity index (χ4n) is 1.34. The molecule has 0 spiro atoms. The Bertz CT molecular complexity index is 120. The maximum Gasteiger partial charge on any atom is 0.132 e. The Kier molecular flexibility index (Phi) is 10.4. The molecular weight excluding hydrogens is 176 g/mol. The van der Waals surface area contributed by atoms with Gasteiger partial charge in [0.1, 0.15) is 5.78 Å². The van der Waals surface area contributed by atoms with Crippen molar-refractivity contribution < 1.29 is 9.53 Å². The lowest BCUT2D eigenvalue weighted by atomic mass is 10.00. The first-order valence-corrected chi connectivity index (χ1v) is 5.90.